The van der Waals surface area contributed by atoms with Crippen molar-refractivity contribution >= 4 is 11.6 Å². The molecule has 0 aliphatic rings. The molecule has 0 aliphatic carbocycles. The van der Waals surface area contributed by atoms with E-state index in [1.165, 1.54) is 0 Å². The molecule has 0 radical (unpaired) electrons. The summed E-state index contributed by atoms with van der Waals surface area (Å²) >= 11 is 5.99. The molecule has 0 fully saturated rings. The van der Waals surface area contributed by atoms with Crippen molar-refractivity contribution in [3.8, 4) is 17.2 Å². The molecule has 0 bridgehead atoms. The van der Waals surface area contributed by atoms with E-state index in [1.54, 1.807) is 13.2 Å². The van der Waals surface area contributed by atoms with Gasteiger partial charge in [0.25, 0.3) is 0 Å². The van der Waals surface area contributed by atoms with Crippen LogP contribution in [0.5, 0.6) is 17.2 Å². The van der Waals surface area contributed by atoms with E-state index in [0.717, 1.165) is 29.2 Å². The van der Waals surface area contributed by atoms with Gasteiger partial charge in [-0.05, 0) is 61.0 Å². The quantitative estimate of drug-likeness (QED) is 0.758. The zero-order chi connectivity index (χ0) is 15.8. The fraction of sp³-hybridized carbons (Fsp3) is 0.294. The van der Waals surface area contributed by atoms with Gasteiger partial charge in [-0.2, -0.15) is 0 Å². The van der Waals surface area contributed by atoms with E-state index in [1.807, 2.05) is 36.4 Å². The van der Waals surface area contributed by atoms with Crippen molar-refractivity contribution in [1.29, 1.82) is 0 Å². The van der Waals surface area contributed by atoms with Crippen molar-refractivity contribution in [2.75, 3.05) is 26.9 Å². The summed E-state index contributed by atoms with van der Waals surface area (Å²) in [6, 6.07) is 13.0. The molecule has 2 N–H and O–H groups in total. The third-order valence-corrected chi connectivity index (χ3v) is 3.34. The first-order chi connectivity index (χ1) is 10.7. The zero-order valence-corrected chi connectivity index (χ0v) is 13.3. The largest absolute Gasteiger partial charge is 0.497 e. The second-order valence-corrected chi connectivity index (χ2v) is 5.10. The summed E-state index contributed by atoms with van der Waals surface area (Å²) in [6.45, 7) is 1.46. The van der Waals surface area contributed by atoms with Gasteiger partial charge in [-0.3, -0.25) is 0 Å². The minimum absolute atomic E-state index is 0.450. The van der Waals surface area contributed by atoms with Gasteiger partial charge in [0, 0.05) is 5.02 Å². The maximum Gasteiger partial charge on any atom is 0.122 e. The Bertz CT molecular complexity index is 587. The van der Waals surface area contributed by atoms with E-state index in [-0.39, 0.29) is 0 Å². The van der Waals surface area contributed by atoms with Crippen LogP contribution in [0.15, 0.2) is 42.5 Å². The smallest absolute Gasteiger partial charge is 0.122 e. The summed E-state index contributed by atoms with van der Waals surface area (Å²) in [7, 11) is 1.63. The Hall–Kier alpha value is -1.91. The van der Waals surface area contributed by atoms with Crippen LogP contribution in [0.25, 0.3) is 0 Å². The van der Waals surface area contributed by atoms with Crippen molar-refractivity contribution in [3.05, 3.63) is 53.1 Å². The molecule has 118 valence electrons. The molecule has 0 spiro atoms. The van der Waals surface area contributed by atoms with E-state index >= 15 is 0 Å². The van der Waals surface area contributed by atoms with E-state index in [4.69, 9.17) is 31.5 Å². The summed E-state index contributed by atoms with van der Waals surface area (Å²) < 4.78 is 16.5. The highest BCUT2D eigenvalue weighted by molar-refractivity contribution is 6.30. The maximum atomic E-state index is 5.99. The number of benzene rings is 2. The second-order valence-electron chi connectivity index (χ2n) is 4.66. The summed E-state index contributed by atoms with van der Waals surface area (Å²) in [5.74, 6) is 2.38. The topological polar surface area (TPSA) is 53.7 Å². The van der Waals surface area contributed by atoms with Crippen molar-refractivity contribution in [2.24, 2.45) is 5.73 Å². The first-order valence-electron chi connectivity index (χ1n) is 7.11. The zero-order valence-electron chi connectivity index (χ0n) is 12.5. The lowest BCUT2D eigenvalue weighted by molar-refractivity contribution is 0.216. The fourth-order valence-corrected chi connectivity index (χ4v) is 2.22. The molecule has 5 heteroatoms. The van der Waals surface area contributed by atoms with Crippen molar-refractivity contribution in [2.45, 2.75) is 6.42 Å². The minimum atomic E-state index is 0.450. The Morgan fingerprint density at radius 3 is 2.32 bits per heavy atom. The van der Waals surface area contributed by atoms with E-state index < -0.39 is 0 Å². The van der Waals surface area contributed by atoms with Crippen molar-refractivity contribution in [3.63, 3.8) is 0 Å². The van der Waals surface area contributed by atoms with Crippen molar-refractivity contribution in [1.82, 2.24) is 0 Å². The van der Waals surface area contributed by atoms with Gasteiger partial charge in [-0.15, -0.1) is 0 Å². The monoisotopic (exact) mass is 321 g/mol. The van der Waals surface area contributed by atoms with Crippen molar-refractivity contribution < 1.29 is 14.2 Å². The number of hydrogen-bond acceptors (Lipinski definition) is 4. The Labute approximate surface area is 135 Å². The Morgan fingerprint density at radius 2 is 1.64 bits per heavy atom. The third-order valence-electron chi connectivity index (χ3n) is 3.11. The van der Waals surface area contributed by atoms with Crippen LogP contribution in [0.2, 0.25) is 5.02 Å². The SMILES string of the molecule is COc1ccc(OCCOc2ccc(Cl)cc2CCN)cc1. The molecule has 0 aliphatic heterocycles. The van der Waals surface area contributed by atoms with Crippen LogP contribution >= 0.6 is 11.6 Å². The van der Waals surface area contributed by atoms with Crippen LogP contribution in [0.3, 0.4) is 0 Å². The fourth-order valence-electron chi connectivity index (χ4n) is 2.02. The van der Waals surface area contributed by atoms with Gasteiger partial charge in [-0.1, -0.05) is 11.6 Å². The van der Waals surface area contributed by atoms with Gasteiger partial charge in [-0.25, -0.2) is 0 Å². The van der Waals surface area contributed by atoms with E-state index in [9.17, 15) is 0 Å². The average molecular weight is 322 g/mol. The van der Waals surface area contributed by atoms with Gasteiger partial charge in [0.1, 0.15) is 30.5 Å². The number of nitrogens with two attached hydrogens (primary N) is 1. The normalized spacial score (nSPS) is 10.3. The average Bonchev–Trinajstić information content (AvgIpc) is 2.54. The Balaban J connectivity index is 1.83. The number of methoxy groups -OCH3 is 1. The Morgan fingerprint density at radius 1 is 0.955 bits per heavy atom. The predicted molar refractivity (Wildman–Crippen MR) is 88.2 cm³/mol. The molecule has 22 heavy (non-hydrogen) atoms. The highest BCUT2D eigenvalue weighted by Crippen LogP contribution is 2.23. The summed E-state index contributed by atoms with van der Waals surface area (Å²) in [5.41, 5.74) is 6.61. The molecular formula is C17H20ClNO3. The first-order valence-corrected chi connectivity index (χ1v) is 7.49. The van der Waals surface area contributed by atoms with Gasteiger partial charge >= 0.3 is 0 Å². The number of halogens is 1. The molecule has 0 atom stereocenters. The summed E-state index contributed by atoms with van der Waals surface area (Å²) in [4.78, 5) is 0. The molecule has 4 nitrogen and oxygen atoms in total. The molecule has 2 rings (SSSR count). The molecular weight excluding hydrogens is 302 g/mol. The lowest BCUT2D eigenvalue weighted by atomic mass is 10.1. The predicted octanol–water partition coefficient (Wildman–Crippen LogP) is 3.31. The molecule has 0 aromatic heterocycles. The lowest BCUT2D eigenvalue weighted by Gasteiger charge is -2.12. The Kier molecular flexibility index (Phi) is 6.37. The molecule has 0 unspecified atom stereocenters. The first kappa shape index (κ1) is 16.5. The van der Waals surface area contributed by atoms with Gasteiger partial charge in [0.15, 0.2) is 0 Å². The number of hydrogen-bond donors (Lipinski definition) is 1. The highest BCUT2D eigenvalue weighted by atomic mass is 35.5. The standard InChI is InChI=1S/C17H20ClNO3/c1-20-15-3-5-16(6-4-15)21-10-11-22-17-7-2-14(18)12-13(17)8-9-19/h2-7,12H,8-11,19H2,1H3. The molecule has 0 heterocycles. The van der Waals surface area contributed by atoms with Gasteiger partial charge in [0.05, 0.1) is 7.11 Å². The highest BCUT2D eigenvalue weighted by Gasteiger charge is 2.04. The number of rotatable bonds is 8. The van der Waals surface area contributed by atoms with Crippen LogP contribution in [0.1, 0.15) is 5.56 Å². The molecule has 0 amide bonds. The van der Waals surface area contributed by atoms with Gasteiger partial charge in [0.2, 0.25) is 0 Å². The minimum Gasteiger partial charge on any atom is -0.497 e. The van der Waals surface area contributed by atoms with E-state index in [0.29, 0.717) is 24.8 Å². The number of ether oxygens (including phenoxy) is 3. The van der Waals surface area contributed by atoms with E-state index in [2.05, 4.69) is 0 Å². The van der Waals surface area contributed by atoms with Gasteiger partial charge < -0.3 is 19.9 Å². The second kappa shape index (κ2) is 8.51. The summed E-state index contributed by atoms with van der Waals surface area (Å²) in [6.07, 6.45) is 0.731. The summed E-state index contributed by atoms with van der Waals surface area (Å²) in [5, 5.41) is 0.685. The third kappa shape index (κ3) is 4.83. The van der Waals surface area contributed by atoms with Crippen LogP contribution < -0.4 is 19.9 Å². The molecule has 0 saturated carbocycles. The molecule has 2 aromatic carbocycles. The van der Waals surface area contributed by atoms with Crippen LogP contribution in [0, 0.1) is 0 Å². The van der Waals surface area contributed by atoms with Crippen LogP contribution in [-0.4, -0.2) is 26.9 Å². The van der Waals surface area contributed by atoms with Crippen LogP contribution in [0.4, 0.5) is 0 Å². The lowest BCUT2D eigenvalue weighted by Crippen LogP contribution is -2.11. The molecule has 0 saturated heterocycles. The van der Waals surface area contributed by atoms with Crippen LogP contribution in [-0.2, 0) is 6.42 Å². The molecule has 2 aromatic rings. The maximum absolute atomic E-state index is 5.99.